The van der Waals surface area contributed by atoms with Crippen LogP contribution in [0.15, 0.2) is 18.3 Å². The van der Waals surface area contributed by atoms with Gasteiger partial charge in [-0.2, -0.15) is 4.98 Å². The first-order chi connectivity index (χ1) is 17.3. The lowest BCUT2D eigenvalue weighted by atomic mass is 9.85. The molecule has 2 unspecified atom stereocenters. The molecule has 0 aliphatic heterocycles. The Balaban J connectivity index is 1.53. The van der Waals surface area contributed by atoms with E-state index >= 15 is 0 Å². The number of halogens is 3. The molecule has 2 saturated carbocycles. The average Bonchev–Trinajstić information content (AvgIpc) is 3.20. The number of anilines is 3. The third-order valence-corrected chi connectivity index (χ3v) is 7.40. The van der Waals surface area contributed by atoms with Crippen molar-refractivity contribution in [1.82, 2.24) is 19.5 Å². The third kappa shape index (κ3) is 4.94. The fraction of sp³-hybridized carbons (Fsp3) is 0.500. The van der Waals surface area contributed by atoms with Crippen LogP contribution in [0.25, 0.3) is 11.2 Å². The molecule has 2 aliphatic carbocycles. The quantitative estimate of drug-likeness (QED) is 0.379. The van der Waals surface area contributed by atoms with E-state index in [1.165, 1.54) is 0 Å². The maximum atomic E-state index is 14.6. The fourth-order valence-electron chi connectivity index (χ4n) is 5.23. The summed E-state index contributed by atoms with van der Waals surface area (Å²) in [5.41, 5.74) is 6.06. The van der Waals surface area contributed by atoms with E-state index < -0.39 is 17.7 Å². The Kier molecular flexibility index (Phi) is 6.94. The highest BCUT2D eigenvalue weighted by molar-refractivity contribution is 6.30. The van der Waals surface area contributed by atoms with Crippen molar-refractivity contribution < 1.29 is 18.7 Å². The number of nitrogens with one attached hydrogen (secondary N) is 2. The Bertz CT molecular complexity index is 1260. The molecule has 0 radical (unpaired) electrons. The molecular formula is C24H28ClF2N7O2. The number of aliphatic hydroxyl groups excluding tert-OH is 1. The molecule has 2 aromatic heterocycles. The number of nitrogens with two attached hydrogens (primary N) is 1. The monoisotopic (exact) mass is 519 g/mol. The second-order valence-electron chi connectivity index (χ2n) is 9.59. The molecule has 5 N–H and O–H groups in total. The molecule has 12 heteroatoms. The number of rotatable bonds is 6. The molecule has 9 nitrogen and oxygen atoms in total. The molecule has 2 fully saturated rings. The first kappa shape index (κ1) is 24.6. The van der Waals surface area contributed by atoms with Gasteiger partial charge in [0.15, 0.2) is 17.3 Å². The number of hydrogen-bond donors (Lipinski definition) is 4. The van der Waals surface area contributed by atoms with Crippen molar-refractivity contribution >= 4 is 46.3 Å². The molecule has 5 rings (SSSR count). The number of fused-ring (bicyclic) bond motifs is 1. The van der Waals surface area contributed by atoms with Crippen molar-refractivity contribution in [2.45, 2.75) is 69.6 Å². The van der Waals surface area contributed by atoms with Gasteiger partial charge in [-0.05, 0) is 50.7 Å². The zero-order chi connectivity index (χ0) is 25.4. The van der Waals surface area contributed by atoms with Gasteiger partial charge >= 0.3 is 0 Å². The number of carbonyl (C=O) groups excluding carboxylic acids is 1. The van der Waals surface area contributed by atoms with Gasteiger partial charge in [0.1, 0.15) is 11.2 Å². The van der Waals surface area contributed by atoms with Gasteiger partial charge in [0.2, 0.25) is 17.8 Å². The third-order valence-electron chi connectivity index (χ3n) is 7.18. The Labute approximate surface area is 211 Å². The first-order valence-corrected chi connectivity index (χ1v) is 12.6. The molecule has 1 amide bonds. The van der Waals surface area contributed by atoms with Crippen LogP contribution in [0.1, 0.15) is 57.4 Å². The van der Waals surface area contributed by atoms with E-state index in [0.717, 1.165) is 31.4 Å². The van der Waals surface area contributed by atoms with Crippen molar-refractivity contribution in [2.24, 2.45) is 11.7 Å². The summed E-state index contributed by atoms with van der Waals surface area (Å²) in [5, 5.41) is 16.3. The lowest BCUT2D eigenvalue weighted by Crippen LogP contribution is -2.36. The summed E-state index contributed by atoms with van der Waals surface area (Å²) in [6.45, 7) is 0. The van der Waals surface area contributed by atoms with Crippen LogP contribution < -0.4 is 16.4 Å². The van der Waals surface area contributed by atoms with E-state index in [0.29, 0.717) is 49.2 Å². The Hall–Kier alpha value is -3.05. The average molecular weight is 520 g/mol. The van der Waals surface area contributed by atoms with Gasteiger partial charge in [-0.1, -0.05) is 24.4 Å². The van der Waals surface area contributed by atoms with Crippen LogP contribution in [0.4, 0.5) is 26.4 Å². The highest BCUT2D eigenvalue weighted by atomic mass is 35.5. The van der Waals surface area contributed by atoms with E-state index in [-0.39, 0.29) is 40.6 Å². The summed E-state index contributed by atoms with van der Waals surface area (Å²) < 4.78 is 31.0. The van der Waals surface area contributed by atoms with Gasteiger partial charge in [0.25, 0.3) is 0 Å². The summed E-state index contributed by atoms with van der Waals surface area (Å²) in [5.74, 6) is -1.69. The molecule has 1 aromatic carbocycles. The highest BCUT2D eigenvalue weighted by Crippen LogP contribution is 2.38. The highest BCUT2D eigenvalue weighted by Gasteiger charge is 2.30. The van der Waals surface area contributed by atoms with Crippen molar-refractivity contribution in [3.63, 3.8) is 0 Å². The van der Waals surface area contributed by atoms with Gasteiger partial charge in [-0.25, -0.2) is 18.7 Å². The predicted octanol–water partition coefficient (Wildman–Crippen LogP) is 4.43. The molecule has 0 spiro atoms. The van der Waals surface area contributed by atoms with E-state index in [2.05, 4.69) is 25.6 Å². The number of carbonyl (C=O) groups is 1. The second-order valence-corrected chi connectivity index (χ2v) is 10.0. The van der Waals surface area contributed by atoms with Crippen LogP contribution in [0.3, 0.4) is 0 Å². The second kappa shape index (κ2) is 10.1. The van der Waals surface area contributed by atoms with Crippen molar-refractivity contribution in [1.29, 1.82) is 0 Å². The topological polar surface area (TPSA) is 131 Å². The number of aliphatic hydroxyl groups is 1. The SMILES string of the molecule is NC(=O)C1CCC(n2c(Nc3c(F)cc(Cl)cc3F)nc3cnc(NC4CCCCC4O)nc32)CC1. The maximum absolute atomic E-state index is 14.6. The van der Waals surface area contributed by atoms with Crippen LogP contribution in [0.2, 0.25) is 5.02 Å². The standard InChI is InChI=1S/C24H28ClF2N7O2/c25-13-9-15(26)20(16(27)10-13)32-24-31-18-11-29-23(30-17-3-1-2-4-19(17)35)33-22(18)34(24)14-7-5-12(6-8-14)21(28)36/h9-12,14,17,19,35H,1-8H2,(H2,28,36)(H,31,32)(H,29,30,33). The number of aromatic nitrogens is 4. The van der Waals surface area contributed by atoms with E-state index in [9.17, 15) is 18.7 Å². The Morgan fingerprint density at radius 1 is 1.08 bits per heavy atom. The normalized spacial score (nSPS) is 24.6. The maximum Gasteiger partial charge on any atom is 0.225 e. The zero-order valence-electron chi connectivity index (χ0n) is 19.6. The van der Waals surface area contributed by atoms with Crippen molar-refractivity contribution in [2.75, 3.05) is 10.6 Å². The van der Waals surface area contributed by atoms with Gasteiger partial charge in [-0.3, -0.25) is 9.36 Å². The van der Waals surface area contributed by atoms with Gasteiger partial charge in [0, 0.05) is 17.0 Å². The first-order valence-electron chi connectivity index (χ1n) is 12.2. The zero-order valence-corrected chi connectivity index (χ0v) is 20.3. The lowest BCUT2D eigenvalue weighted by Gasteiger charge is -2.29. The molecule has 2 heterocycles. The van der Waals surface area contributed by atoms with Crippen LogP contribution in [0, 0.1) is 17.6 Å². The van der Waals surface area contributed by atoms with Crippen LogP contribution in [-0.2, 0) is 4.79 Å². The largest absolute Gasteiger partial charge is 0.391 e. The Morgan fingerprint density at radius 3 is 2.44 bits per heavy atom. The fourth-order valence-corrected chi connectivity index (χ4v) is 5.42. The number of benzene rings is 1. The predicted molar refractivity (Wildman–Crippen MR) is 132 cm³/mol. The summed E-state index contributed by atoms with van der Waals surface area (Å²) in [6.07, 6.45) is 6.98. The summed E-state index contributed by atoms with van der Waals surface area (Å²) in [6, 6.07) is 1.76. The Morgan fingerprint density at radius 2 is 1.78 bits per heavy atom. The van der Waals surface area contributed by atoms with E-state index in [1.807, 2.05) is 4.57 Å². The molecule has 3 aromatic rings. The van der Waals surface area contributed by atoms with Crippen LogP contribution >= 0.6 is 11.6 Å². The molecular weight excluding hydrogens is 492 g/mol. The number of primary amides is 1. The molecule has 2 atom stereocenters. The van der Waals surface area contributed by atoms with E-state index in [1.54, 1.807) is 6.20 Å². The smallest absolute Gasteiger partial charge is 0.225 e. The molecule has 2 aliphatic rings. The minimum Gasteiger partial charge on any atom is -0.391 e. The molecule has 0 bridgehead atoms. The summed E-state index contributed by atoms with van der Waals surface area (Å²) >= 11 is 5.78. The number of imidazole rings is 1. The number of nitrogens with zero attached hydrogens (tertiary/aromatic N) is 4. The summed E-state index contributed by atoms with van der Waals surface area (Å²) in [7, 11) is 0. The van der Waals surface area contributed by atoms with Gasteiger partial charge < -0.3 is 21.5 Å². The molecule has 36 heavy (non-hydrogen) atoms. The van der Waals surface area contributed by atoms with Gasteiger partial charge in [0.05, 0.1) is 18.3 Å². The molecule has 0 saturated heterocycles. The van der Waals surface area contributed by atoms with Crippen LogP contribution in [0.5, 0.6) is 0 Å². The summed E-state index contributed by atoms with van der Waals surface area (Å²) in [4.78, 5) is 25.3. The van der Waals surface area contributed by atoms with Gasteiger partial charge in [-0.15, -0.1) is 0 Å². The minimum atomic E-state index is -0.851. The lowest BCUT2D eigenvalue weighted by molar-refractivity contribution is -0.122. The van der Waals surface area contributed by atoms with Crippen molar-refractivity contribution in [3.8, 4) is 0 Å². The number of amides is 1. The number of hydrogen-bond acceptors (Lipinski definition) is 7. The molecule has 192 valence electrons. The van der Waals surface area contributed by atoms with Crippen LogP contribution in [-0.4, -0.2) is 42.7 Å². The van der Waals surface area contributed by atoms with E-state index in [4.69, 9.17) is 17.3 Å². The minimum absolute atomic E-state index is 0.0553. The van der Waals surface area contributed by atoms with Crippen molar-refractivity contribution in [3.05, 3.63) is 35.0 Å².